The van der Waals surface area contributed by atoms with Crippen LogP contribution in [0.15, 0.2) is 18.3 Å². The van der Waals surface area contributed by atoms with Crippen LogP contribution in [0.4, 0.5) is 5.82 Å². The average molecular weight is 282 g/mol. The number of halogens is 1. The molecule has 104 valence electrons. The molecule has 1 aromatic rings. The molecule has 1 aromatic heterocycles. The third-order valence-electron chi connectivity index (χ3n) is 3.92. The molecule has 1 amide bonds. The maximum atomic E-state index is 12.5. The largest absolute Gasteiger partial charge is 0.329 e. The number of rotatable bonds is 3. The second-order valence-electron chi connectivity index (χ2n) is 5.19. The van der Waals surface area contributed by atoms with Crippen LogP contribution in [0.2, 0.25) is 5.02 Å². The quantitative estimate of drug-likeness (QED) is 0.837. The minimum atomic E-state index is -0.461. The Hall–Kier alpha value is -1.13. The first kappa shape index (κ1) is 14.3. The van der Waals surface area contributed by atoms with Gasteiger partial charge in [-0.25, -0.2) is 4.98 Å². The molecular formula is C14H20ClN3O. The van der Waals surface area contributed by atoms with E-state index in [0.717, 1.165) is 25.7 Å². The topological polar surface area (TPSA) is 68.0 Å². The average Bonchev–Trinajstić information content (AvgIpc) is 2.67. The summed E-state index contributed by atoms with van der Waals surface area (Å²) < 4.78 is 0. The van der Waals surface area contributed by atoms with Gasteiger partial charge in [0.2, 0.25) is 5.91 Å². The molecule has 0 atom stereocenters. The lowest BCUT2D eigenvalue weighted by atomic mass is 9.79. The molecule has 0 aliphatic heterocycles. The maximum Gasteiger partial charge on any atom is 0.233 e. The summed E-state index contributed by atoms with van der Waals surface area (Å²) >= 11 is 6.02. The van der Waals surface area contributed by atoms with Crippen LogP contribution in [0.1, 0.15) is 38.5 Å². The predicted molar refractivity (Wildman–Crippen MR) is 77.1 cm³/mol. The van der Waals surface area contributed by atoms with E-state index < -0.39 is 5.41 Å². The van der Waals surface area contributed by atoms with Gasteiger partial charge in [-0.2, -0.15) is 0 Å². The molecule has 1 aliphatic carbocycles. The maximum absolute atomic E-state index is 12.5. The summed E-state index contributed by atoms with van der Waals surface area (Å²) in [5.74, 6) is 0.378. The number of hydrogen-bond donors (Lipinski definition) is 2. The zero-order chi connectivity index (χ0) is 13.7. The SMILES string of the molecule is NCC1(C(=O)Nc2ncccc2Cl)CCCCCC1. The van der Waals surface area contributed by atoms with Crippen LogP contribution >= 0.6 is 11.6 Å². The highest BCUT2D eigenvalue weighted by molar-refractivity contribution is 6.33. The standard InChI is InChI=1S/C14H20ClN3O/c15-11-6-5-9-17-12(11)18-13(19)14(10-16)7-3-1-2-4-8-14/h5-6,9H,1-4,7-8,10,16H2,(H,17,18,19). The molecule has 0 spiro atoms. The minimum absolute atomic E-state index is 0.0440. The van der Waals surface area contributed by atoms with Crippen molar-refractivity contribution in [2.75, 3.05) is 11.9 Å². The number of carbonyl (C=O) groups excluding carboxylic acids is 1. The molecular weight excluding hydrogens is 262 g/mol. The van der Waals surface area contributed by atoms with E-state index in [-0.39, 0.29) is 5.91 Å². The van der Waals surface area contributed by atoms with Crippen molar-refractivity contribution in [3.63, 3.8) is 0 Å². The van der Waals surface area contributed by atoms with Crippen molar-refractivity contribution in [3.05, 3.63) is 23.4 Å². The van der Waals surface area contributed by atoms with Gasteiger partial charge in [0, 0.05) is 12.7 Å². The van der Waals surface area contributed by atoms with Gasteiger partial charge in [-0.1, -0.05) is 37.3 Å². The van der Waals surface area contributed by atoms with E-state index in [1.165, 1.54) is 12.8 Å². The van der Waals surface area contributed by atoms with Crippen LogP contribution < -0.4 is 11.1 Å². The van der Waals surface area contributed by atoms with Gasteiger partial charge in [-0.3, -0.25) is 4.79 Å². The minimum Gasteiger partial charge on any atom is -0.329 e. The molecule has 3 N–H and O–H groups in total. The number of aromatic nitrogens is 1. The second-order valence-corrected chi connectivity index (χ2v) is 5.59. The highest BCUT2D eigenvalue weighted by Crippen LogP contribution is 2.35. The molecule has 5 heteroatoms. The van der Waals surface area contributed by atoms with Gasteiger partial charge < -0.3 is 11.1 Å². The lowest BCUT2D eigenvalue weighted by molar-refractivity contribution is -0.125. The molecule has 0 unspecified atom stereocenters. The van der Waals surface area contributed by atoms with Crippen molar-refractivity contribution in [1.29, 1.82) is 0 Å². The number of nitrogens with two attached hydrogens (primary N) is 1. The van der Waals surface area contributed by atoms with Crippen molar-refractivity contribution in [2.45, 2.75) is 38.5 Å². The molecule has 4 nitrogen and oxygen atoms in total. The van der Waals surface area contributed by atoms with E-state index in [1.807, 2.05) is 0 Å². The molecule has 0 aromatic carbocycles. The first-order valence-electron chi connectivity index (χ1n) is 6.80. The van der Waals surface area contributed by atoms with Crippen molar-refractivity contribution >= 4 is 23.3 Å². The number of anilines is 1. The Balaban J connectivity index is 2.14. The van der Waals surface area contributed by atoms with Gasteiger partial charge >= 0.3 is 0 Å². The fraction of sp³-hybridized carbons (Fsp3) is 0.571. The number of hydrogen-bond acceptors (Lipinski definition) is 3. The molecule has 1 saturated carbocycles. The predicted octanol–water partition coefficient (Wildman–Crippen LogP) is 2.97. The van der Waals surface area contributed by atoms with Gasteiger partial charge in [-0.15, -0.1) is 0 Å². The van der Waals surface area contributed by atoms with Crippen molar-refractivity contribution in [3.8, 4) is 0 Å². The van der Waals surface area contributed by atoms with Crippen molar-refractivity contribution in [1.82, 2.24) is 4.98 Å². The summed E-state index contributed by atoms with van der Waals surface area (Å²) in [4.78, 5) is 16.6. The summed E-state index contributed by atoms with van der Waals surface area (Å²) in [5, 5.41) is 3.29. The zero-order valence-corrected chi connectivity index (χ0v) is 11.7. The Morgan fingerprint density at radius 1 is 1.37 bits per heavy atom. The lowest BCUT2D eigenvalue weighted by Gasteiger charge is -2.29. The summed E-state index contributed by atoms with van der Waals surface area (Å²) in [6.07, 6.45) is 7.78. The summed E-state index contributed by atoms with van der Waals surface area (Å²) in [7, 11) is 0. The Kier molecular flexibility index (Phi) is 4.77. The van der Waals surface area contributed by atoms with Crippen molar-refractivity contribution < 1.29 is 4.79 Å². The van der Waals surface area contributed by atoms with E-state index in [9.17, 15) is 4.79 Å². The van der Waals surface area contributed by atoms with Crippen LogP contribution in [0.5, 0.6) is 0 Å². The third-order valence-corrected chi connectivity index (χ3v) is 4.23. The van der Waals surface area contributed by atoms with E-state index in [1.54, 1.807) is 18.3 Å². The molecule has 0 radical (unpaired) electrons. The van der Waals surface area contributed by atoms with E-state index in [0.29, 0.717) is 17.4 Å². The highest BCUT2D eigenvalue weighted by Gasteiger charge is 2.37. The molecule has 0 bridgehead atoms. The van der Waals surface area contributed by atoms with Crippen LogP contribution in [0.3, 0.4) is 0 Å². The Labute approximate surface area is 118 Å². The molecule has 1 fully saturated rings. The van der Waals surface area contributed by atoms with Gasteiger partial charge in [0.15, 0.2) is 5.82 Å². The van der Waals surface area contributed by atoms with Gasteiger partial charge in [-0.05, 0) is 25.0 Å². The first-order valence-corrected chi connectivity index (χ1v) is 7.18. The number of nitrogens with one attached hydrogen (secondary N) is 1. The summed E-state index contributed by atoms with van der Waals surface area (Å²) in [6, 6.07) is 3.45. The van der Waals surface area contributed by atoms with Crippen molar-refractivity contribution in [2.24, 2.45) is 11.1 Å². The lowest BCUT2D eigenvalue weighted by Crippen LogP contribution is -2.42. The number of amides is 1. The Morgan fingerprint density at radius 3 is 2.63 bits per heavy atom. The zero-order valence-electron chi connectivity index (χ0n) is 11.0. The number of carbonyl (C=O) groups is 1. The molecule has 1 heterocycles. The smallest absolute Gasteiger partial charge is 0.233 e. The monoisotopic (exact) mass is 281 g/mol. The van der Waals surface area contributed by atoms with Gasteiger partial charge in [0.25, 0.3) is 0 Å². The fourth-order valence-corrected chi connectivity index (χ4v) is 2.82. The van der Waals surface area contributed by atoms with E-state index in [4.69, 9.17) is 17.3 Å². The first-order chi connectivity index (χ1) is 9.18. The third kappa shape index (κ3) is 3.25. The normalized spacial score (nSPS) is 18.6. The Morgan fingerprint density at radius 2 is 2.05 bits per heavy atom. The molecule has 0 saturated heterocycles. The van der Waals surface area contributed by atoms with Crippen LogP contribution in [0, 0.1) is 5.41 Å². The summed E-state index contributed by atoms with van der Waals surface area (Å²) in [5.41, 5.74) is 5.43. The van der Waals surface area contributed by atoms with E-state index >= 15 is 0 Å². The van der Waals surface area contributed by atoms with Gasteiger partial charge in [0.05, 0.1) is 10.4 Å². The van der Waals surface area contributed by atoms with Crippen LogP contribution in [0.25, 0.3) is 0 Å². The van der Waals surface area contributed by atoms with Crippen LogP contribution in [-0.2, 0) is 4.79 Å². The van der Waals surface area contributed by atoms with Crippen LogP contribution in [-0.4, -0.2) is 17.4 Å². The molecule has 19 heavy (non-hydrogen) atoms. The molecule has 1 aliphatic rings. The fourth-order valence-electron chi connectivity index (χ4n) is 2.65. The van der Waals surface area contributed by atoms with Gasteiger partial charge in [0.1, 0.15) is 0 Å². The number of nitrogens with zero attached hydrogens (tertiary/aromatic N) is 1. The highest BCUT2D eigenvalue weighted by atomic mass is 35.5. The summed E-state index contributed by atoms with van der Waals surface area (Å²) in [6.45, 7) is 0.378. The molecule has 2 rings (SSSR count). The number of pyridine rings is 1. The second kappa shape index (κ2) is 6.35. The van der Waals surface area contributed by atoms with E-state index in [2.05, 4.69) is 10.3 Å². The Bertz CT molecular complexity index is 442.